The molecule has 0 amide bonds. The van der Waals surface area contributed by atoms with Crippen LogP contribution in [-0.2, 0) is 6.54 Å². The second kappa shape index (κ2) is 7.38. The topological polar surface area (TPSA) is 57.2 Å². The molecule has 1 aliphatic rings. The van der Waals surface area contributed by atoms with Crippen molar-refractivity contribution in [2.45, 2.75) is 12.6 Å². The summed E-state index contributed by atoms with van der Waals surface area (Å²) in [7, 11) is 0. The smallest absolute Gasteiger partial charge is 0.0761 e. The number of aromatic nitrogens is 1. The van der Waals surface area contributed by atoms with E-state index in [-0.39, 0.29) is 24.4 Å². The Labute approximate surface area is 135 Å². The predicted octanol–water partition coefficient (Wildman–Crippen LogP) is 1.98. The maximum atomic E-state index is 9.76. The number of nitrogens with zero attached hydrogens (tertiary/aromatic N) is 1. The van der Waals surface area contributed by atoms with Crippen LogP contribution in [-0.4, -0.2) is 35.8 Å². The molecule has 2 unspecified atom stereocenters. The van der Waals surface area contributed by atoms with Crippen molar-refractivity contribution in [1.82, 2.24) is 15.6 Å². The lowest BCUT2D eigenvalue weighted by molar-refractivity contribution is 0.146. The molecule has 1 aromatic carbocycles. The Morgan fingerprint density at radius 2 is 2.19 bits per heavy atom. The van der Waals surface area contributed by atoms with Crippen molar-refractivity contribution < 1.29 is 5.11 Å². The lowest BCUT2D eigenvalue weighted by Gasteiger charge is -2.14. The molecule has 2 atom stereocenters. The van der Waals surface area contributed by atoms with Gasteiger partial charge in [0.1, 0.15) is 0 Å². The Hall–Kier alpha value is -0.910. The van der Waals surface area contributed by atoms with Crippen LogP contribution in [0.2, 0.25) is 5.02 Å². The number of aliphatic hydroxyl groups excluding tert-OH is 1. The molecule has 21 heavy (non-hydrogen) atoms. The molecule has 0 radical (unpaired) electrons. The molecule has 0 spiro atoms. The zero-order valence-electron chi connectivity index (χ0n) is 11.6. The fourth-order valence-electron chi connectivity index (χ4n) is 2.66. The summed E-state index contributed by atoms with van der Waals surface area (Å²) < 4.78 is 0. The number of nitrogens with one attached hydrogen (secondary N) is 2. The van der Waals surface area contributed by atoms with Gasteiger partial charge in [0, 0.05) is 48.7 Å². The highest BCUT2D eigenvalue weighted by Crippen LogP contribution is 2.24. The van der Waals surface area contributed by atoms with E-state index >= 15 is 0 Å². The van der Waals surface area contributed by atoms with Crippen molar-refractivity contribution in [1.29, 1.82) is 0 Å². The second-order valence-corrected chi connectivity index (χ2v) is 5.63. The summed E-state index contributed by atoms with van der Waals surface area (Å²) in [6.45, 7) is 3.09. The Bertz CT molecular complexity index is 608. The number of fused-ring (bicyclic) bond motifs is 1. The van der Waals surface area contributed by atoms with Crippen molar-refractivity contribution in [3.8, 4) is 0 Å². The van der Waals surface area contributed by atoms with Crippen LogP contribution in [0.3, 0.4) is 0 Å². The monoisotopic (exact) mass is 327 g/mol. The first-order chi connectivity index (χ1) is 9.75. The van der Waals surface area contributed by atoms with Gasteiger partial charge in [0.2, 0.25) is 0 Å². The molecular formula is C15H19Cl2N3O. The maximum Gasteiger partial charge on any atom is 0.0761 e. The molecule has 1 aliphatic heterocycles. The van der Waals surface area contributed by atoms with Crippen LogP contribution in [0.5, 0.6) is 0 Å². The van der Waals surface area contributed by atoms with Crippen molar-refractivity contribution in [2.24, 2.45) is 5.92 Å². The van der Waals surface area contributed by atoms with Gasteiger partial charge in [-0.3, -0.25) is 4.98 Å². The van der Waals surface area contributed by atoms with E-state index in [1.54, 1.807) is 6.20 Å². The van der Waals surface area contributed by atoms with E-state index in [0.717, 1.165) is 41.1 Å². The van der Waals surface area contributed by atoms with Crippen LogP contribution >= 0.6 is 24.0 Å². The standard InChI is InChI=1S/C15H18ClN3O.ClH/c16-13-4-3-10(15-12(13)2-1-5-19-15)6-17-7-11-8-18-9-14(11)20;/h1-5,11,14,17-18,20H,6-9H2;1H. The van der Waals surface area contributed by atoms with E-state index in [9.17, 15) is 5.11 Å². The molecular weight excluding hydrogens is 309 g/mol. The zero-order valence-corrected chi connectivity index (χ0v) is 13.1. The van der Waals surface area contributed by atoms with Gasteiger partial charge in [0.25, 0.3) is 0 Å². The highest BCUT2D eigenvalue weighted by molar-refractivity contribution is 6.35. The average Bonchev–Trinajstić information content (AvgIpc) is 2.87. The SMILES string of the molecule is Cl.OC1CNCC1CNCc1ccc(Cl)c2cccnc12. The molecule has 2 aromatic rings. The second-order valence-electron chi connectivity index (χ2n) is 5.22. The van der Waals surface area contributed by atoms with Crippen LogP contribution in [0, 0.1) is 5.92 Å². The number of benzene rings is 1. The molecule has 0 saturated carbocycles. The lowest BCUT2D eigenvalue weighted by Crippen LogP contribution is -2.30. The van der Waals surface area contributed by atoms with Gasteiger partial charge in [0.15, 0.2) is 0 Å². The fraction of sp³-hybridized carbons (Fsp3) is 0.400. The molecule has 2 heterocycles. The van der Waals surface area contributed by atoms with Gasteiger partial charge in [-0.15, -0.1) is 12.4 Å². The van der Waals surface area contributed by atoms with Crippen LogP contribution < -0.4 is 10.6 Å². The third-order valence-electron chi connectivity index (χ3n) is 3.83. The first-order valence-electron chi connectivity index (χ1n) is 6.87. The number of aliphatic hydroxyl groups is 1. The highest BCUT2D eigenvalue weighted by atomic mass is 35.5. The van der Waals surface area contributed by atoms with E-state index in [0.29, 0.717) is 6.54 Å². The molecule has 1 saturated heterocycles. The van der Waals surface area contributed by atoms with Gasteiger partial charge in [-0.25, -0.2) is 0 Å². The summed E-state index contributed by atoms with van der Waals surface area (Å²) in [6, 6.07) is 7.80. The summed E-state index contributed by atoms with van der Waals surface area (Å²) in [6.07, 6.45) is 1.54. The number of pyridine rings is 1. The van der Waals surface area contributed by atoms with E-state index in [1.165, 1.54) is 0 Å². The molecule has 0 aliphatic carbocycles. The Morgan fingerprint density at radius 3 is 2.95 bits per heavy atom. The zero-order chi connectivity index (χ0) is 13.9. The quantitative estimate of drug-likeness (QED) is 0.803. The van der Waals surface area contributed by atoms with Crippen molar-refractivity contribution in [3.63, 3.8) is 0 Å². The van der Waals surface area contributed by atoms with Gasteiger partial charge >= 0.3 is 0 Å². The molecule has 114 valence electrons. The average molecular weight is 328 g/mol. The third-order valence-corrected chi connectivity index (χ3v) is 4.16. The van der Waals surface area contributed by atoms with E-state index in [4.69, 9.17) is 11.6 Å². The third kappa shape index (κ3) is 3.65. The molecule has 6 heteroatoms. The summed E-state index contributed by atoms with van der Waals surface area (Å²) in [4.78, 5) is 4.42. The van der Waals surface area contributed by atoms with Crippen molar-refractivity contribution >= 4 is 34.9 Å². The van der Waals surface area contributed by atoms with Crippen LogP contribution in [0.15, 0.2) is 30.5 Å². The van der Waals surface area contributed by atoms with Crippen LogP contribution in [0.4, 0.5) is 0 Å². The lowest BCUT2D eigenvalue weighted by atomic mass is 10.1. The van der Waals surface area contributed by atoms with Crippen molar-refractivity contribution in [2.75, 3.05) is 19.6 Å². The molecule has 0 bridgehead atoms. The van der Waals surface area contributed by atoms with Crippen LogP contribution in [0.1, 0.15) is 5.56 Å². The summed E-state index contributed by atoms with van der Waals surface area (Å²) >= 11 is 6.18. The van der Waals surface area contributed by atoms with Gasteiger partial charge in [-0.05, 0) is 23.8 Å². The predicted molar refractivity (Wildman–Crippen MR) is 88.1 cm³/mol. The first-order valence-corrected chi connectivity index (χ1v) is 7.25. The van der Waals surface area contributed by atoms with E-state index < -0.39 is 0 Å². The van der Waals surface area contributed by atoms with Gasteiger partial charge in [-0.2, -0.15) is 0 Å². The molecule has 1 aromatic heterocycles. The van der Waals surface area contributed by atoms with Gasteiger partial charge in [0.05, 0.1) is 11.6 Å². The largest absolute Gasteiger partial charge is 0.391 e. The number of rotatable bonds is 4. The number of hydrogen-bond acceptors (Lipinski definition) is 4. The Morgan fingerprint density at radius 1 is 1.33 bits per heavy atom. The minimum absolute atomic E-state index is 0. The normalized spacial score (nSPS) is 21.4. The number of halogens is 2. The molecule has 4 nitrogen and oxygen atoms in total. The summed E-state index contributed by atoms with van der Waals surface area (Å²) in [5.41, 5.74) is 2.07. The Balaban J connectivity index is 0.00000161. The minimum Gasteiger partial charge on any atom is -0.391 e. The van der Waals surface area contributed by atoms with Gasteiger partial charge in [-0.1, -0.05) is 17.7 Å². The minimum atomic E-state index is -0.248. The first kappa shape index (κ1) is 16.5. The fourth-order valence-corrected chi connectivity index (χ4v) is 2.87. The summed E-state index contributed by atoms with van der Waals surface area (Å²) in [5.74, 6) is 0.279. The number of hydrogen-bond donors (Lipinski definition) is 3. The van der Waals surface area contributed by atoms with Gasteiger partial charge < -0.3 is 15.7 Å². The van der Waals surface area contributed by atoms with Crippen molar-refractivity contribution in [3.05, 3.63) is 41.0 Å². The molecule has 3 rings (SSSR count). The molecule has 3 N–H and O–H groups in total. The summed E-state index contributed by atoms with van der Waals surface area (Å²) in [5, 5.41) is 18.1. The number of β-amino-alcohol motifs (C(OH)–C–C–N with tert-alkyl or cyclic N) is 1. The Kier molecular flexibility index (Phi) is 5.79. The highest BCUT2D eigenvalue weighted by Gasteiger charge is 2.24. The van der Waals surface area contributed by atoms with E-state index in [2.05, 4.69) is 15.6 Å². The molecule has 1 fully saturated rings. The maximum absolute atomic E-state index is 9.76. The van der Waals surface area contributed by atoms with Crippen LogP contribution in [0.25, 0.3) is 10.9 Å². The van der Waals surface area contributed by atoms with E-state index in [1.807, 2.05) is 24.3 Å².